The summed E-state index contributed by atoms with van der Waals surface area (Å²) in [6.07, 6.45) is 2.29. The van der Waals surface area contributed by atoms with Crippen LogP contribution in [0, 0.1) is 11.6 Å². The number of halogens is 2. The summed E-state index contributed by atoms with van der Waals surface area (Å²) in [5.41, 5.74) is 1.66. The summed E-state index contributed by atoms with van der Waals surface area (Å²) < 4.78 is 28.4. The highest BCUT2D eigenvalue weighted by molar-refractivity contribution is 5.99. The highest BCUT2D eigenvalue weighted by Crippen LogP contribution is 2.29. The maximum atomic E-state index is 14.3. The van der Waals surface area contributed by atoms with Crippen LogP contribution in [-0.2, 0) is 12.8 Å². The molecule has 0 atom stereocenters. The Balaban J connectivity index is 2.31. The summed E-state index contributed by atoms with van der Waals surface area (Å²) >= 11 is 0. The maximum Gasteiger partial charge on any atom is 0.166 e. The van der Waals surface area contributed by atoms with E-state index in [1.165, 1.54) is 5.56 Å². The van der Waals surface area contributed by atoms with E-state index in [1.54, 1.807) is 12.1 Å². The summed E-state index contributed by atoms with van der Waals surface area (Å²) in [5, 5.41) is 3.17. The van der Waals surface area contributed by atoms with Crippen LogP contribution in [0.15, 0.2) is 36.4 Å². The first-order chi connectivity index (χ1) is 10.1. The van der Waals surface area contributed by atoms with E-state index in [2.05, 4.69) is 13.0 Å². The minimum atomic E-state index is -0.722. The van der Waals surface area contributed by atoms with Gasteiger partial charge in [-0.3, -0.25) is 0 Å². The second-order valence-corrected chi connectivity index (χ2v) is 5.52. The largest absolute Gasteiger partial charge is 0.203 e. The molecular weight excluding hydrogens is 266 g/mol. The van der Waals surface area contributed by atoms with Crippen molar-refractivity contribution in [3.8, 4) is 0 Å². The number of hydrogen-bond donors (Lipinski definition) is 0. The van der Waals surface area contributed by atoms with Gasteiger partial charge in [0.2, 0.25) is 0 Å². The van der Waals surface area contributed by atoms with Crippen LogP contribution in [0.5, 0.6) is 0 Å². The normalized spacial score (nSPS) is 11.4. The van der Waals surface area contributed by atoms with Crippen molar-refractivity contribution in [3.05, 3.63) is 59.2 Å². The summed E-state index contributed by atoms with van der Waals surface area (Å²) in [5.74, 6) is -1.42. The molecule has 0 heterocycles. The molecule has 0 aliphatic heterocycles. The zero-order valence-corrected chi connectivity index (χ0v) is 12.3. The van der Waals surface area contributed by atoms with Crippen molar-refractivity contribution in [1.29, 1.82) is 0 Å². The lowest BCUT2D eigenvalue weighted by atomic mass is 9.97. The molecule has 0 amide bonds. The Kier molecular flexibility index (Phi) is 3.62. The zero-order chi connectivity index (χ0) is 15.0. The molecule has 2 heteroatoms. The summed E-state index contributed by atoms with van der Waals surface area (Å²) in [4.78, 5) is 0. The first-order valence-corrected chi connectivity index (χ1v) is 7.47. The maximum absolute atomic E-state index is 14.3. The second kappa shape index (κ2) is 5.44. The molecule has 21 heavy (non-hydrogen) atoms. The molecule has 0 N–H and O–H groups in total. The van der Waals surface area contributed by atoms with Gasteiger partial charge in [-0.15, -0.1) is 0 Å². The van der Waals surface area contributed by atoms with E-state index in [-0.39, 0.29) is 0 Å². The van der Waals surface area contributed by atoms with Crippen LogP contribution in [0.3, 0.4) is 0 Å². The molecule has 0 bridgehead atoms. The number of fused-ring (bicyclic) bond motifs is 2. The van der Waals surface area contributed by atoms with Gasteiger partial charge in [-0.25, -0.2) is 8.78 Å². The summed E-state index contributed by atoms with van der Waals surface area (Å²) in [7, 11) is 0. The Hall–Kier alpha value is -1.96. The van der Waals surface area contributed by atoms with Crippen LogP contribution in [-0.4, -0.2) is 0 Å². The van der Waals surface area contributed by atoms with Gasteiger partial charge in [0.05, 0.1) is 0 Å². The van der Waals surface area contributed by atoms with Crippen molar-refractivity contribution in [2.75, 3.05) is 0 Å². The SMILES string of the molecule is CCCc1cc2cc3ccc(CC)cc3cc2c(F)c1F. The van der Waals surface area contributed by atoms with Crippen LogP contribution in [0.25, 0.3) is 21.5 Å². The highest BCUT2D eigenvalue weighted by Gasteiger charge is 2.13. The minimum absolute atomic E-state index is 0.369. The van der Waals surface area contributed by atoms with Crippen LogP contribution >= 0.6 is 0 Å². The molecule has 3 aromatic carbocycles. The van der Waals surface area contributed by atoms with Crippen LogP contribution in [0.4, 0.5) is 8.78 Å². The highest BCUT2D eigenvalue weighted by atomic mass is 19.2. The lowest BCUT2D eigenvalue weighted by molar-refractivity contribution is 0.506. The van der Waals surface area contributed by atoms with Crippen molar-refractivity contribution in [1.82, 2.24) is 0 Å². The molecule has 0 saturated carbocycles. The molecule has 0 aromatic heterocycles. The average molecular weight is 284 g/mol. The lowest BCUT2D eigenvalue weighted by Crippen LogP contribution is -1.96. The van der Waals surface area contributed by atoms with E-state index >= 15 is 0 Å². The van der Waals surface area contributed by atoms with Gasteiger partial charge in [-0.05, 0) is 58.3 Å². The average Bonchev–Trinajstić information content (AvgIpc) is 2.50. The first-order valence-electron chi connectivity index (χ1n) is 7.47. The molecule has 0 nitrogen and oxygen atoms in total. The molecule has 0 saturated heterocycles. The molecule has 0 fully saturated rings. The van der Waals surface area contributed by atoms with Crippen molar-refractivity contribution in [3.63, 3.8) is 0 Å². The molecule has 0 aliphatic rings. The zero-order valence-electron chi connectivity index (χ0n) is 12.3. The molecule has 0 radical (unpaired) electrons. The number of rotatable bonds is 3. The Morgan fingerprint density at radius 1 is 0.810 bits per heavy atom. The number of benzene rings is 3. The van der Waals surface area contributed by atoms with Crippen LogP contribution in [0.1, 0.15) is 31.4 Å². The van der Waals surface area contributed by atoms with E-state index in [0.717, 1.165) is 29.0 Å². The predicted molar refractivity (Wildman–Crippen MR) is 84.7 cm³/mol. The van der Waals surface area contributed by atoms with Gasteiger partial charge >= 0.3 is 0 Å². The molecule has 3 aromatic rings. The lowest BCUT2D eigenvalue weighted by Gasteiger charge is -2.09. The van der Waals surface area contributed by atoms with E-state index in [1.807, 2.05) is 25.1 Å². The quantitative estimate of drug-likeness (QED) is 0.534. The monoisotopic (exact) mass is 284 g/mol. The van der Waals surface area contributed by atoms with Crippen LogP contribution < -0.4 is 0 Å². The first kappa shape index (κ1) is 14.0. The molecule has 0 unspecified atom stereocenters. The van der Waals surface area contributed by atoms with E-state index in [9.17, 15) is 8.78 Å². The Morgan fingerprint density at radius 2 is 1.62 bits per heavy atom. The second-order valence-electron chi connectivity index (χ2n) is 5.52. The summed E-state index contributed by atoms with van der Waals surface area (Å²) in [6.45, 7) is 4.05. The van der Waals surface area contributed by atoms with E-state index in [0.29, 0.717) is 17.4 Å². The third-order valence-electron chi connectivity index (χ3n) is 4.04. The van der Waals surface area contributed by atoms with Gasteiger partial charge in [-0.2, -0.15) is 0 Å². The summed E-state index contributed by atoms with van der Waals surface area (Å²) in [6, 6.07) is 11.7. The van der Waals surface area contributed by atoms with Crippen LogP contribution in [0.2, 0.25) is 0 Å². The predicted octanol–water partition coefficient (Wildman–Crippen LogP) is 5.79. The van der Waals surface area contributed by atoms with Crippen molar-refractivity contribution >= 4 is 21.5 Å². The number of hydrogen-bond acceptors (Lipinski definition) is 0. The van der Waals surface area contributed by atoms with Gasteiger partial charge in [0.15, 0.2) is 11.6 Å². The van der Waals surface area contributed by atoms with E-state index in [4.69, 9.17) is 0 Å². The molecule has 108 valence electrons. The fourth-order valence-corrected chi connectivity index (χ4v) is 2.86. The Morgan fingerprint density at radius 3 is 2.33 bits per heavy atom. The van der Waals surface area contributed by atoms with Gasteiger partial charge in [0, 0.05) is 5.39 Å². The van der Waals surface area contributed by atoms with Gasteiger partial charge in [0.25, 0.3) is 0 Å². The molecule has 0 spiro atoms. The molecular formula is C19H18F2. The fraction of sp³-hybridized carbons (Fsp3) is 0.263. The topological polar surface area (TPSA) is 0 Å². The van der Waals surface area contributed by atoms with Gasteiger partial charge < -0.3 is 0 Å². The van der Waals surface area contributed by atoms with Crippen molar-refractivity contribution < 1.29 is 8.78 Å². The Labute approximate surface area is 123 Å². The standard InChI is InChI=1S/C19H18F2/c1-3-5-14-10-16-9-13-7-6-12(4-2)8-15(13)11-17(16)19(21)18(14)20/h6-11H,3-5H2,1-2H3. The van der Waals surface area contributed by atoms with E-state index < -0.39 is 11.6 Å². The van der Waals surface area contributed by atoms with Crippen molar-refractivity contribution in [2.45, 2.75) is 33.1 Å². The Bertz CT molecular complexity index is 819. The van der Waals surface area contributed by atoms with Gasteiger partial charge in [0.1, 0.15) is 0 Å². The van der Waals surface area contributed by atoms with Crippen molar-refractivity contribution in [2.24, 2.45) is 0 Å². The smallest absolute Gasteiger partial charge is 0.166 e. The fourth-order valence-electron chi connectivity index (χ4n) is 2.86. The third kappa shape index (κ3) is 2.39. The third-order valence-corrected chi connectivity index (χ3v) is 4.04. The van der Waals surface area contributed by atoms with Gasteiger partial charge in [-0.1, -0.05) is 38.5 Å². The minimum Gasteiger partial charge on any atom is -0.203 e. The number of aryl methyl sites for hydroxylation is 2. The molecule has 3 rings (SSSR count). The molecule has 0 aliphatic carbocycles.